The molecule has 0 radical (unpaired) electrons. The van der Waals surface area contributed by atoms with Crippen LogP contribution in [-0.4, -0.2) is 47.4 Å². The second-order valence-electron chi connectivity index (χ2n) is 5.66. The molecule has 0 saturated carbocycles. The molecular weight excluding hydrogens is 260 g/mol. The maximum Gasteiger partial charge on any atom is 0.245 e. The molecule has 1 fully saturated rings. The van der Waals surface area contributed by atoms with E-state index in [9.17, 15) is 9.59 Å². The average molecular weight is 286 g/mol. The number of amides is 2. The minimum absolute atomic E-state index is 0.00133. The molecule has 1 saturated heterocycles. The topological polar surface area (TPSA) is 49.4 Å². The van der Waals surface area contributed by atoms with Gasteiger partial charge in [0.2, 0.25) is 11.8 Å². The summed E-state index contributed by atoms with van der Waals surface area (Å²) in [5.74, 6) is 1.53. The van der Waals surface area contributed by atoms with Crippen molar-refractivity contribution in [2.45, 2.75) is 52.1 Å². The Morgan fingerprint density at radius 3 is 2.63 bits per heavy atom. The van der Waals surface area contributed by atoms with Crippen molar-refractivity contribution in [3.05, 3.63) is 0 Å². The zero-order valence-electron chi connectivity index (χ0n) is 12.4. The first-order valence-electron chi connectivity index (χ1n) is 7.04. The molecule has 1 N–H and O–H groups in total. The Kier molecular flexibility index (Phi) is 6.69. The summed E-state index contributed by atoms with van der Waals surface area (Å²) in [5, 5.41) is 2.87. The summed E-state index contributed by atoms with van der Waals surface area (Å²) in [6.45, 7) is 6.78. The van der Waals surface area contributed by atoms with Gasteiger partial charge in [-0.25, -0.2) is 0 Å². The van der Waals surface area contributed by atoms with E-state index in [1.54, 1.807) is 11.8 Å². The van der Waals surface area contributed by atoms with Crippen LogP contribution in [0.15, 0.2) is 0 Å². The molecule has 2 atom stereocenters. The van der Waals surface area contributed by atoms with Crippen molar-refractivity contribution >= 4 is 23.6 Å². The van der Waals surface area contributed by atoms with Crippen LogP contribution >= 0.6 is 11.8 Å². The molecule has 1 heterocycles. The smallest absolute Gasteiger partial charge is 0.245 e. The number of carbonyl (C=O) groups excluding carboxylic acids is 2. The summed E-state index contributed by atoms with van der Waals surface area (Å²) in [7, 11) is 0. The summed E-state index contributed by atoms with van der Waals surface area (Å²) < 4.78 is 0. The molecule has 0 bridgehead atoms. The lowest BCUT2D eigenvalue weighted by molar-refractivity contribution is -0.135. The van der Waals surface area contributed by atoms with Crippen LogP contribution in [0.2, 0.25) is 0 Å². The fraction of sp³-hybridized carbons (Fsp3) is 0.857. The molecule has 19 heavy (non-hydrogen) atoms. The fourth-order valence-electron chi connectivity index (χ4n) is 2.37. The van der Waals surface area contributed by atoms with E-state index in [0.29, 0.717) is 18.9 Å². The lowest BCUT2D eigenvalue weighted by atomic mass is 10.0. The molecule has 1 rings (SSSR count). The molecule has 1 aliphatic rings. The summed E-state index contributed by atoms with van der Waals surface area (Å²) in [6.07, 6.45) is 4.19. The minimum atomic E-state index is -0.341. The molecule has 5 heteroatoms. The minimum Gasteiger partial charge on any atom is -0.344 e. The third-order valence-electron chi connectivity index (χ3n) is 3.48. The quantitative estimate of drug-likeness (QED) is 0.811. The van der Waals surface area contributed by atoms with Gasteiger partial charge in [0.15, 0.2) is 0 Å². The van der Waals surface area contributed by atoms with Crippen molar-refractivity contribution in [3.63, 3.8) is 0 Å². The van der Waals surface area contributed by atoms with Gasteiger partial charge in [0.1, 0.15) is 6.04 Å². The summed E-state index contributed by atoms with van der Waals surface area (Å²) in [4.78, 5) is 26.1. The number of rotatable bonds is 6. The zero-order valence-corrected chi connectivity index (χ0v) is 13.3. The number of hydrogen-bond donors (Lipinski definition) is 1. The first kappa shape index (κ1) is 16.3. The number of thioether (sulfide) groups is 1. The van der Waals surface area contributed by atoms with Gasteiger partial charge in [0.05, 0.1) is 0 Å². The van der Waals surface area contributed by atoms with Gasteiger partial charge >= 0.3 is 0 Å². The predicted octanol–water partition coefficient (Wildman–Crippen LogP) is 1.89. The van der Waals surface area contributed by atoms with Crippen LogP contribution in [0.5, 0.6) is 0 Å². The van der Waals surface area contributed by atoms with Gasteiger partial charge in [-0.2, -0.15) is 11.8 Å². The van der Waals surface area contributed by atoms with E-state index in [0.717, 1.165) is 18.6 Å². The summed E-state index contributed by atoms with van der Waals surface area (Å²) in [6, 6.07) is -0.131. The Hall–Kier alpha value is -0.710. The first-order chi connectivity index (χ1) is 8.95. The molecule has 0 aromatic carbocycles. The largest absolute Gasteiger partial charge is 0.344 e. The van der Waals surface area contributed by atoms with E-state index < -0.39 is 0 Å². The van der Waals surface area contributed by atoms with Crippen LogP contribution in [0.4, 0.5) is 0 Å². The van der Waals surface area contributed by atoms with Crippen molar-refractivity contribution < 1.29 is 9.59 Å². The Balaban J connectivity index is 2.74. The highest BCUT2D eigenvalue weighted by atomic mass is 32.2. The van der Waals surface area contributed by atoms with Gasteiger partial charge in [-0.15, -0.1) is 0 Å². The van der Waals surface area contributed by atoms with Crippen molar-refractivity contribution in [3.8, 4) is 0 Å². The molecule has 0 spiro atoms. The van der Waals surface area contributed by atoms with Gasteiger partial charge in [-0.3, -0.25) is 9.59 Å². The van der Waals surface area contributed by atoms with E-state index in [1.165, 1.54) is 0 Å². The summed E-state index contributed by atoms with van der Waals surface area (Å²) >= 11 is 1.79. The van der Waals surface area contributed by atoms with Gasteiger partial charge in [-0.1, -0.05) is 13.8 Å². The molecule has 0 aliphatic carbocycles. The first-order valence-corrected chi connectivity index (χ1v) is 8.43. The molecule has 0 aromatic heterocycles. The van der Waals surface area contributed by atoms with E-state index in [1.807, 2.05) is 4.90 Å². The van der Waals surface area contributed by atoms with E-state index in [-0.39, 0.29) is 23.9 Å². The SMILES string of the molecule is CSCCC(C)N1CCC(=O)NC(CC(C)C)C1=O. The standard InChI is InChI=1S/C14H26N2O2S/c1-10(2)9-12-14(18)16(7-5-13(17)15-12)11(3)6-8-19-4/h10-12H,5-9H2,1-4H3,(H,15,17). The van der Waals surface area contributed by atoms with Gasteiger partial charge < -0.3 is 10.2 Å². The fourth-order valence-corrected chi connectivity index (χ4v) is 2.95. The van der Waals surface area contributed by atoms with Crippen LogP contribution in [0.3, 0.4) is 0 Å². The highest BCUT2D eigenvalue weighted by molar-refractivity contribution is 7.98. The molecule has 0 aromatic rings. The predicted molar refractivity (Wildman–Crippen MR) is 80.2 cm³/mol. The number of nitrogens with zero attached hydrogens (tertiary/aromatic N) is 1. The van der Waals surface area contributed by atoms with Crippen LogP contribution in [-0.2, 0) is 9.59 Å². The van der Waals surface area contributed by atoms with Crippen LogP contribution in [0.1, 0.15) is 40.0 Å². The van der Waals surface area contributed by atoms with Gasteiger partial charge in [0.25, 0.3) is 0 Å². The molecule has 1 aliphatic heterocycles. The maximum atomic E-state index is 12.5. The highest BCUT2D eigenvalue weighted by Gasteiger charge is 2.32. The Bertz CT molecular complexity index is 321. The van der Waals surface area contributed by atoms with Crippen molar-refractivity contribution in [2.24, 2.45) is 5.92 Å². The Morgan fingerprint density at radius 2 is 2.05 bits per heavy atom. The third-order valence-corrected chi connectivity index (χ3v) is 4.12. The molecule has 4 nitrogen and oxygen atoms in total. The second-order valence-corrected chi connectivity index (χ2v) is 6.65. The van der Waals surface area contributed by atoms with Crippen LogP contribution in [0.25, 0.3) is 0 Å². The molecular formula is C14H26N2O2S. The van der Waals surface area contributed by atoms with E-state index >= 15 is 0 Å². The van der Waals surface area contributed by atoms with Crippen molar-refractivity contribution in [2.75, 3.05) is 18.6 Å². The normalized spacial score (nSPS) is 22.4. The molecule has 2 unspecified atom stereocenters. The van der Waals surface area contributed by atoms with E-state index in [4.69, 9.17) is 0 Å². The van der Waals surface area contributed by atoms with Crippen LogP contribution < -0.4 is 5.32 Å². The Labute approximate surface area is 120 Å². The monoisotopic (exact) mass is 286 g/mol. The number of carbonyl (C=O) groups is 2. The van der Waals surface area contributed by atoms with Crippen molar-refractivity contribution in [1.29, 1.82) is 0 Å². The number of hydrogen-bond acceptors (Lipinski definition) is 3. The second kappa shape index (κ2) is 7.78. The van der Waals surface area contributed by atoms with Gasteiger partial charge in [-0.05, 0) is 37.7 Å². The van der Waals surface area contributed by atoms with Crippen LogP contribution in [0, 0.1) is 5.92 Å². The molecule has 2 amide bonds. The zero-order chi connectivity index (χ0) is 14.4. The van der Waals surface area contributed by atoms with Gasteiger partial charge in [0, 0.05) is 19.0 Å². The highest BCUT2D eigenvalue weighted by Crippen LogP contribution is 2.16. The number of nitrogens with one attached hydrogen (secondary N) is 1. The summed E-state index contributed by atoms with van der Waals surface area (Å²) in [5.41, 5.74) is 0. The van der Waals surface area contributed by atoms with E-state index in [2.05, 4.69) is 32.3 Å². The van der Waals surface area contributed by atoms with Crippen molar-refractivity contribution in [1.82, 2.24) is 10.2 Å². The maximum absolute atomic E-state index is 12.5. The molecule has 110 valence electrons. The average Bonchev–Trinajstić information content (AvgIpc) is 2.46. The lowest BCUT2D eigenvalue weighted by Gasteiger charge is -2.30. The third kappa shape index (κ3) is 5.05. The lowest BCUT2D eigenvalue weighted by Crippen LogP contribution is -2.48. The Morgan fingerprint density at radius 1 is 1.37 bits per heavy atom.